The zero-order valence-electron chi connectivity index (χ0n) is 18.6. The molecule has 2 N–H and O–H groups in total. The number of nitrogens with two attached hydrogens (primary N) is 1. The predicted octanol–water partition coefficient (Wildman–Crippen LogP) is 6.10. The first-order chi connectivity index (χ1) is 13.9. The molecule has 2 aromatic rings. The molecular weight excluding hydrogens is 416 g/mol. The average Bonchev–Trinajstić information content (AvgIpc) is 3.00. The van der Waals surface area contributed by atoms with E-state index in [0.717, 1.165) is 22.4 Å². The van der Waals surface area contributed by atoms with Crippen molar-refractivity contribution in [1.29, 1.82) is 0 Å². The summed E-state index contributed by atoms with van der Waals surface area (Å²) in [7, 11) is -2.06. The van der Waals surface area contributed by atoms with Gasteiger partial charge in [-0.2, -0.15) is 0 Å². The van der Waals surface area contributed by atoms with Gasteiger partial charge < -0.3 is 14.9 Å². The van der Waals surface area contributed by atoms with Gasteiger partial charge in [-0.15, -0.1) is 0 Å². The topological polar surface area (TPSA) is 74.4 Å². The Labute approximate surface area is 185 Å². The Morgan fingerprint density at radius 1 is 1.30 bits per heavy atom. The highest BCUT2D eigenvalue weighted by Crippen LogP contribution is 2.48. The van der Waals surface area contributed by atoms with Crippen molar-refractivity contribution in [2.24, 2.45) is 0 Å². The van der Waals surface area contributed by atoms with E-state index in [1.165, 1.54) is 0 Å². The molecule has 0 bridgehead atoms. The van der Waals surface area contributed by atoms with Crippen molar-refractivity contribution < 1.29 is 14.0 Å². The number of nitrogen functional groups attached to an aromatic ring is 1. The Hall–Kier alpha value is -1.89. The van der Waals surface area contributed by atoms with Crippen LogP contribution in [0, 0.1) is 0 Å². The molecule has 7 heteroatoms. The Morgan fingerprint density at radius 3 is 2.63 bits per heavy atom. The lowest BCUT2D eigenvalue weighted by Crippen LogP contribution is -2.41. The smallest absolute Gasteiger partial charge is 0.315 e. The fourth-order valence-electron chi connectivity index (χ4n) is 3.51. The molecule has 1 aliphatic rings. The van der Waals surface area contributed by atoms with E-state index in [1.54, 1.807) is 18.3 Å². The van der Waals surface area contributed by atoms with Crippen LogP contribution in [0.3, 0.4) is 0 Å². The molecule has 1 aromatic carbocycles. The van der Waals surface area contributed by atoms with E-state index in [1.807, 2.05) is 19.1 Å². The second-order valence-corrected chi connectivity index (χ2v) is 14.5. The van der Waals surface area contributed by atoms with Gasteiger partial charge in [0.2, 0.25) is 0 Å². The minimum absolute atomic E-state index is 0.0532. The fraction of sp³-hybridized carbons (Fsp3) is 0.478. The summed E-state index contributed by atoms with van der Waals surface area (Å²) in [5, 5.41) is 0.663. The van der Waals surface area contributed by atoms with Crippen LogP contribution in [-0.4, -0.2) is 25.9 Å². The van der Waals surface area contributed by atoms with Gasteiger partial charge >= 0.3 is 5.97 Å². The summed E-state index contributed by atoms with van der Waals surface area (Å²) in [4.78, 5) is 17.3. The summed E-state index contributed by atoms with van der Waals surface area (Å²) < 4.78 is 12.0. The van der Waals surface area contributed by atoms with Gasteiger partial charge in [-0.25, -0.2) is 0 Å². The lowest BCUT2D eigenvalue weighted by atomic mass is 10.0. The van der Waals surface area contributed by atoms with E-state index in [9.17, 15) is 4.79 Å². The van der Waals surface area contributed by atoms with Crippen LogP contribution in [0.1, 0.15) is 57.4 Å². The number of fused-ring (bicyclic) bond motifs is 1. The molecule has 0 aliphatic heterocycles. The van der Waals surface area contributed by atoms with Gasteiger partial charge in [0.1, 0.15) is 5.92 Å². The van der Waals surface area contributed by atoms with Crippen LogP contribution in [-0.2, 0) is 14.0 Å². The zero-order valence-corrected chi connectivity index (χ0v) is 20.3. The second kappa shape index (κ2) is 8.33. The number of hydrogen-bond acceptors (Lipinski definition) is 5. The maximum absolute atomic E-state index is 12.6. The standard InChI is InChI=1S/C23H31ClN2O3Si/c1-7-28-22(27)18-12-20(29-30(5,6)23(2,3)4)17-10-14(13-26-21(17)18)16-11-15(24)8-9-19(16)25/h8-11,13,18,20H,7,12,25H2,1-6H3. The minimum Gasteiger partial charge on any atom is -0.465 e. The van der Waals surface area contributed by atoms with E-state index >= 15 is 0 Å². The SMILES string of the molecule is CCOC(=O)C1CC(O[Si](C)(C)C(C)(C)C)c2cc(-c3cc(Cl)ccc3N)cnc21. The van der Waals surface area contributed by atoms with Crippen molar-refractivity contribution in [3.05, 3.63) is 46.7 Å². The average molecular weight is 447 g/mol. The van der Waals surface area contributed by atoms with Crippen LogP contribution in [0.25, 0.3) is 11.1 Å². The Balaban J connectivity index is 2.06. The summed E-state index contributed by atoms with van der Waals surface area (Å²) >= 11 is 6.19. The molecule has 0 amide bonds. The van der Waals surface area contributed by atoms with Gasteiger partial charge in [0.05, 0.1) is 18.4 Å². The van der Waals surface area contributed by atoms with Gasteiger partial charge in [0.25, 0.3) is 0 Å². The van der Waals surface area contributed by atoms with Crippen molar-refractivity contribution >= 4 is 31.6 Å². The number of pyridine rings is 1. The molecule has 30 heavy (non-hydrogen) atoms. The Morgan fingerprint density at radius 2 is 2.00 bits per heavy atom. The van der Waals surface area contributed by atoms with Crippen molar-refractivity contribution in [2.45, 2.75) is 64.3 Å². The molecule has 1 aliphatic carbocycles. The van der Waals surface area contributed by atoms with Crippen molar-refractivity contribution in [3.8, 4) is 11.1 Å². The highest BCUT2D eigenvalue weighted by molar-refractivity contribution is 6.74. The van der Waals surface area contributed by atoms with Crippen LogP contribution in [0.5, 0.6) is 0 Å². The summed E-state index contributed by atoms with van der Waals surface area (Å²) in [6.07, 6.45) is 2.09. The van der Waals surface area contributed by atoms with Crippen LogP contribution in [0.4, 0.5) is 5.69 Å². The highest BCUT2D eigenvalue weighted by Gasteiger charge is 2.45. The lowest BCUT2D eigenvalue weighted by molar-refractivity contribution is -0.145. The number of esters is 1. The Bertz CT molecular complexity index is 956. The molecule has 5 nitrogen and oxygen atoms in total. The van der Waals surface area contributed by atoms with E-state index < -0.39 is 14.2 Å². The summed E-state index contributed by atoms with van der Waals surface area (Å²) in [6, 6.07) is 7.43. The van der Waals surface area contributed by atoms with Gasteiger partial charge in [-0.1, -0.05) is 32.4 Å². The molecule has 0 fully saturated rings. The zero-order chi connectivity index (χ0) is 22.3. The van der Waals surface area contributed by atoms with E-state index in [2.05, 4.69) is 38.8 Å². The third-order valence-electron chi connectivity index (χ3n) is 6.22. The summed E-state index contributed by atoms with van der Waals surface area (Å²) in [6.45, 7) is 13.2. The number of rotatable bonds is 5. The fourth-order valence-corrected chi connectivity index (χ4v) is 4.97. The molecule has 1 aromatic heterocycles. The number of halogens is 1. The number of benzene rings is 1. The molecule has 2 unspecified atom stereocenters. The van der Waals surface area contributed by atoms with E-state index in [-0.39, 0.29) is 17.1 Å². The molecule has 1 heterocycles. The van der Waals surface area contributed by atoms with Crippen molar-refractivity contribution in [3.63, 3.8) is 0 Å². The lowest BCUT2D eigenvalue weighted by Gasteiger charge is -2.38. The van der Waals surface area contributed by atoms with E-state index in [0.29, 0.717) is 23.7 Å². The number of hydrogen-bond donors (Lipinski definition) is 1. The van der Waals surface area contributed by atoms with Crippen LogP contribution < -0.4 is 5.73 Å². The first kappa shape index (κ1) is 22.8. The molecule has 0 radical (unpaired) electrons. The molecule has 2 atom stereocenters. The largest absolute Gasteiger partial charge is 0.465 e. The number of aromatic nitrogens is 1. The third kappa shape index (κ3) is 4.41. The van der Waals surface area contributed by atoms with Crippen molar-refractivity contribution in [1.82, 2.24) is 4.98 Å². The maximum Gasteiger partial charge on any atom is 0.315 e. The molecular formula is C23H31ClN2O3Si. The summed E-state index contributed by atoms with van der Waals surface area (Å²) in [5.74, 6) is -0.664. The van der Waals surface area contributed by atoms with Crippen LogP contribution >= 0.6 is 11.6 Å². The quantitative estimate of drug-likeness (QED) is 0.341. The molecule has 3 rings (SSSR count). The highest BCUT2D eigenvalue weighted by atomic mass is 35.5. The number of carbonyl (C=O) groups is 1. The van der Waals surface area contributed by atoms with Gasteiger partial charge in [-0.05, 0) is 55.7 Å². The molecule has 0 saturated carbocycles. The third-order valence-corrected chi connectivity index (χ3v) is 10.9. The Kier molecular flexibility index (Phi) is 6.32. The number of nitrogens with zero attached hydrogens (tertiary/aromatic N) is 1. The number of carbonyl (C=O) groups excluding carboxylic acids is 1. The van der Waals surface area contributed by atoms with E-state index in [4.69, 9.17) is 26.5 Å². The number of ether oxygens (including phenoxy) is 1. The van der Waals surface area contributed by atoms with Crippen LogP contribution in [0.2, 0.25) is 23.2 Å². The monoisotopic (exact) mass is 446 g/mol. The molecule has 0 saturated heterocycles. The number of anilines is 1. The molecule has 0 spiro atoms. The van der Waals surface area contributed by atoms with Crippen LogP contribution in [0.15, 0.2) is 30.5 Å². The predicted molar refractivity (Wildman–Crippen MR) is 124 cm³/mol. The minimum atomic E-state index is -2.06. The first-order valence-electron chi connectivity index (χ1n) is 10.3. The van der Waals surface area contributed by atoms with Crippen molar-refractivity contribution in [2.75, 3.05) is 12.3 Å². The molecule has 162 valence electrons. The van der Waals surface area contributed by atoms with Gasteiger partial charge in [0.15, 0.2) is 8.32 Å². The van der Waals surface area contributed by atoms with Gasteiger partial charge in [-0.3, -0.25) is 9.78 Å². The summed E-state index contributed by atoms with van der Waals surface area (Å²) in [5.41, 5.74) is 10.2. The maximum atomic E-state index is 12.6. The van der Waals surface area contributed by atoms with Gasteiger partial charge in [0, 0.05) is 33.6 Å². The second-order valence-electron chi connectivity index (χ2n) is 9.34. The first-order valence-corrected chi connectivity index (χ1v) is 13.6. The normalized spacial score (nSPS) is 18.9.